The second kappa shape index (κ2) is 16.7. The van der Waals surface area contributed by atoms with Gasteiger partial charge in [0.15, 0.2) is 0 Å². The molecule has 0 aliphatic carbocycles. The van der Waals surface area contributed by atoms with Crippen LogP contribution in [0.1, 0.15) is 11.1 Å². The van der Waals surface area contributed by atoms with Gasteiger partial charge in [0.1, 0.15) is 0 Å². The molecule has 3 N–H and O–H groups in total. The maximum atomic E-state index is 5.49. The highest BCUT2D eigenvalue weighted by Gasteiger charge is 2.09. The summed E-state index contributed by atoms with van der Waals surface area (Å²) in [5.41, 5.74) is 2.37. The highest BCUT2D eigenvalue weighted by molar-refractivity contribution is 6.17. The third-order valence-corrected chi connectivity index (χ3v) is 4.48. The van der Waals surface area contributed by atoms with Crippen molar-refractivity contribution in [3.05, 3.63) is 60.2 Å². The van der Waals surface area contributed by atoms with Gasteiger partial charge in [-0.3, -0.25) is 14.9 Å². The smallest absolute Gasteiger partial charge is 0.0489 e. The number of aromatic nitrogens is 2. The summed E-state index contributed by atoms with van der Waals surface area (Å²) in [6.07, 6.45) is 7.26. The van der Waals surface area contributed by atoms with Crippen molar-refractivity contribution in [2.45, 2.75) is 12.4 Å². The average molecular weight is 427 g/mol. The highest BCUT2D eigenvalue weighted by atomic mass is 35.5. The molecule has 0 saturated carbocycles. The Morgan fingerprint density at radius 3 is 1.68 bits per heavy atom. The molecule has 6 nitrogen and oxygen atoms in total. The van der Waals surface area contributed by atoms with Crippen molar-refractivity contribution in [1.29, 1.82) is 0 Å². The van der Waals surface area contributed by atoms with E-state index in [0.717, 1.165) is 64.5 Å². The Morgan fingerprint density at radius 2 is 1.29 bits per heavy atom. The number of alkyl halides is 1. The van der Waals surface area contributed by atoms with E-state index in [0.29, 0.717) is 5.88 Å². The number of hydrogen-bond donors (Lipinski definition) is 3. The fourth-order valence-corrected chi connectivity index (χ4v) is 2.86. The Bertz CT molecular complexity index is 566. The Hall–Kier alpha value is -1.28. The Balaban J connectivity index is 0.000000225. The third kappa shape index (κ3) is 11.5. The number of piperazine rings is 2. The van der Waals surface area contributed by atoms with Crippen molar-refractivity contribution in [3.63, 3.8) is 0 Å². The first kappa shape index (κ1) is 24.8. The van der Waals surface area contributed by atoms with Gasteiger partial charge >= 0.3 is 0 Å². The molecule has 0 atom stereocenters. The van der Waals surface area contributed by atoms with Crippen molar-refractivity contribution in [1.82, 2.24) is 30.8 Å². The van der Waals surface area contributed by atoms with Crippen LogP contribution in [-0.2, 0) is 12.4 Å². The van der Waals surface area contributed by atoms with Crippen LogP contribution in [0.5, 0.6) is 0 Å². The van der Waals surface area contributed by atoms with Crippen molar-refractivity contribution >= 4 is 24.0 Å². The normalized spacial score (nSPS) is 16.5. The molecule has 0 radical (unpaired) electrons. The van der Waals surface area contributed by atoms with Crippen molar-refractivity contribution < 1.29 is 0 Å². The molecule has 2 fully saturated rings. The molecule has 0 bridgehead atoms. The standard InChI is InChI=1S/C10H15N3.C6H6ClN.C4H10N2.ClH/c1-2-10(8-12-3-1)9-13-6-4-11-5-7-13;7-4-6-2-1-3-8-5-6;1-2-6-4-3-5-1;/h1-3,8,11H,4-7,9H2;1-3,5H,4H2;5-6H,1-4H2;1H. The first-order valence-electron chi connectivity index (χ1n) is 9.57. The van der Waals surface area contributed by atoms with Crippen LogP contribution in [0.2, 0.25) is 0 Å². The van der Waals surface area contributed by atoms with Gasteiger partial charge in [-0.15, -0.1) is 24.0 Å². The van der Waals surface area contributed by atoms with E-state index in [9.17, 15) is 0 Å². The van der Waals surface area contributed by atoms with E-state index in [2.05, 4.69) is 36.9 Å². The molecule has 0 aromatic carbocycles. The summed E-state index contributed by atoms with van der Waals surface area (Å²) in [7, 11) is 0. The summed E-state index contributed by atoms with van der Waals surface area (Å²) >= 11 is 5.49. The number of hydrogen-bond acceptors (Lipinski definition) is 6. The molecular formula is C20H32Cl2N6. The van der Waals surface area contributed by atoms with Gasteiger partial charge in [-0.1, -0.05) is 12.1 Å². The molecule has 4 heterocycles. The molecule has 2 aliphatic rings. The molecule has 0 spiro atoms. The summed E-state index contributed by atoms with van der Waals surface area (Å²) in [5.74, 6) is 0.549. The SMILES string of the molecule is C1CNCCN1.Cl.ClCc1cccnc1.c1cncc(CN2CCNCC2)c1. The van der Waals surface area contributed by atoms with Crippen molar-refractivity contribution in [2.24, 2.45) is 0 Å². The number of nitrogens with one attached hydrogen (secondary N) is 3. The van der Waals surface area contributed by atoms with Gasteiger partial charge in [-0.25, -0.2) is 0 Å². The zero-order chi connectivity index (χ0) is 19.0. The van der Waals surface area contributed by atoms with E-state index in [1.54, 1.807) is 12.4 Å². The highest BCUT2D eigenvalue weighted by Crippen LogP contribution is 2.03. The maximum Gasteiger partial charge on any atom is 0.0489 e. The number of halogens is 2. The fraction of sp³-hybridized carbons (Fsp3) is 0.500. The molecular weight excluding hydrogens is 395 g/mol. The van der Waals surface area contributed by atoms with Crippen LogP contribution in [0.25, 0.3) is 0 Å². The monoisotopic (exact) mass is 426 g/mol. The average Bonchev–Trinajstić information content (AvgIpc) is 2.78. The van der Waals surface area contributed by atoms with Crippen LogP contribution < -0.4 is 16.0 Å². The van der Waals surface area contributed by atoms with Crippen molar-refractivity contribution in [2.75, 3.05) is 52.4 Å². The second-order valence-electron chi connectivity index (χ2n) is 6.38. The third-order valence-electron chi connectivity index (χ3n) is 4.17. The first-order valence-corrected chi connectivity index (χ1v) is 10.1. The molecule has 2 aromatic rings. The lowest BCUT2D eigenvalue weighted by atomic mass is 10.2. The van der Waals surface area contributed by atoms with Crippen LogP contribution >= 0.6 is 24.0 Å². The van der Waals surface area contributed by atoms with Crippen LogP contribution in [0.4, 0.5) is 0 Å². The molecule has 8 heteroatoms. The predicted molar refractivity (Wildman–Crippen MR) is 119 cm³/mol. The van der Waals surface area contributed by atoms with E-state index in [4.69, 9.17) is 11.6 Å². The molecule has 4 rings (SSSR count). The number of nitrogens with zero attached hydrogens (tertiary/aromatic N) is 3. The van der Waals surface area contributed by atoms with Crippen LogP contribution in [0.3, 0.4) is 0 Å². The second-order valence-corrected chi connectivity index (χ2v) is 6.65. The van der Waals surface area contributed by atoms with Gasteiger partial charge in [-0.2, -0.15) is 0 Å². The molecule has 28 heavy (non-hydrogen) atoms. The van der Waals surface area contributed by atoms with Gasteiger partial charge in [-0.05, 0) is 23.3 Å². The van der Waals surface area contributed by atoms with E-state index in [-0.39, 0.29) is 12.4 Å². The number of pyridine rings is 2. The lowest BCUT2D eigenvalue weighted by Gasteiger charge is -2.26. The summed E-state index contributed by atoms with van der Waals surface area (Å²) in [6.45, 7) is 10.1. The molecule has 2 saturated heterocycles. The number of rotatable bonds is 3. The summed E-state index contributed by atoms with van der Waals surface area (Å²) in [4.78, 5) is 10.4. The molecule has 2 aromatic heterocycles. The van der Waals surface area contributed by atoms with E-state index in [1.807, 2.05) is 30.6 Å². The summed E-state index contributed by atoms with van der Waals surface area (Å²) in [5, 5.41) is 9.79. The topological polar surface area (TPSA) is 65.1 Å². The summed E-state index contributed by atoms with van der Waals surface area (Å²) in [6, 6.07) is 7.95. The molecule has 0 amide bonds. The van der Waals surface area contributed by atoms with Crippen LogP contribution in [0.15, 0.2) is 49.1 Å². The quantitative estimate of drug-likeness (QED) is 0.651. The predicted octanol–water partition coefficient (Wildman–Crippen LogP) is 1.91. The minimum absolute atomic E-state index is 0. The minimum atomic E-state index is 0. The zero-order valence-electron chi connectivity index (χ0n) is 16.3. The Morgan fingerprint density at radius 1 is 0.786 bits per heavy atom. The van der Waals surface area contributed by atoms with Gasteiger partial charge in [0.2, 0.25) is 0 Å². The van der Waals surface area contributed by atoms with Gasteiger partial charge in [0, 0.05) is 89.6 Å². The molecule has 156 valence electrons. The Labute approximate surface area is 179 Å². The molecule has 2 aliphatic heterocycles. The van der Waals surface area contributed by atoms with Crippen LogP contribution in [0, 0.1) is 0 Å². The van der Waals surface area contributed by atoms with Gasteiger partial charge in [0.05, 0.1) is 0 Å². The maximum absolute atomic E-state index is 5.49. The first-order chi connectivity index (χ1) is 13.4. The summed E-state index contributed by atoms with van der Waals surface area (Å²) < 4.78 is 0. The Kier molecular flexibility index (Phi) is 14.7. The fourth-order valence-electron chi connectivity index (χ4n) is 2.70. The van der Waals surface area contributed by atoms with Crippen molar-refractivity contribution in [3.8, 4) is 0 Å². The minimum Gasteiger partial charge on any atom is -0.314 e. The van der Waals surface area contributed by atoms with Crippen LogP contribution in [-0.4, -0.2) is 67.2 Å². The van der Waals surface area contributed by atoms with E-state index >= 15 is 0 Å². The lowest BCUT2D eigenvalue weighted by Crippen LogP contribution is -2.42. The largest absolute Gasteiger partial charge is 0.314 e. The zero-order valence-corrected chi connectivity index (χ0v) is 17.9. The van der Waals surface area contributed by atoms with E-state index in [1.165, 1.54) is 5.56 Å². The van der Waals surface area contributed by atoms with E-state index < -0.39 is 0 Å². The lowest BCUT2D eigenvalue weighted by molar-refractivity contribution is 0.233. The molecule has 0 unspecified atom stereocenters. The van der Waals surface area contributed by atoms with Gasteiger partial charge < -0.3 is 16.0 Å². The van der Waals surface area contributed by atoms with Gasteiger partial charge in [0.25, 0.3) is 0 Å².